The Labute approximate surface area is 218 Å². The number of pyridine rings is 2. The maximum absolute atomic E-state index is 4.89. The number of benzene rings is 5. The number of nitrogens with zero attached hydrogens (tertiary/aromatic N) is 4. The zero-order valence-electron chi connectivity index (χ0n) is 20.3. The molecule has 0 bridgehead atoms. The van der Waals surface area contributed by atoms with E-state index in [2.05, 4.69) is 96.0 Å². The minimum Gasteiger partial charge on any atom is -0.254 e. The highest BCUT2D eigenvalue weighted by atomic mass is 14.9. The fraction of sp³-hybridized carbons (Fsp3) is 0. The molecule has 0 aliphatic rings. The zero-order valence-corrected chi connectivity index (χ0v) is 20.3. The van der Waals surface area contributed by atoms with Crippen LogP contribution < -0.4 is 0 Å². The minimum atomic E-state index is 0.598. The third-order valence-corrected chi connectivity index (χ3v) is 7.39. The first-order valence-electron chi connectivity index (χ1n) is 12.6. The van der Waals surface area contributed by atoms with Crippen molar-refractivity contribution in [2.24, 2.45) is 0 Å². The summed E-state index contributed by atoms with van der Waals surface area (Å²) in [5.74, 6) is 0.598. The Morgan fingerprint density at radius 3 is 1.74 bits per heavy atom. The van der Waals surface area contributed by atoms with Crippen LogP contribution in [0.25, 0.3) is 76.8 Å². The topological polar surface area (TPSA) is 51.6 Å². The van der Waals surface area contributed by atoms with E-state index in [0.717, 1.165) is 38.6 Å². The van der Waals surface area contributed by atoms with Gasteiger partial charge < -0.3 is 0 Å². The average molecular weight is 485 g/mol. The highest BCUT2D eigenvalue weighted by Crippen LogP contribution is 2.37. The smallest absolute Gasteiger partial charge is 0.178 e. The lowest BCUT2D eigenvalue weighted by molar-refractivity contribution is 1.15. The quantitative estimate of drug-likeness (QED) is 0.231. The van der Waals surface area contributed by atoms with Crippen LogP contribution in [0.4, 0.5) is 0 Å². The molecule has 0 spiro atoms. The molecule has 0 radical (unpaired) electrons. The largest absolute Gasteiger partial charge is 0.254 e. The standard InChI is InChI=1S/C34H20N4/c1-2-9-27-25(7-1)26-8-3-4-10-28(26)30-18-23(13-15-29(27)30)24-19-36-34(37-20-24)31-16-14-22-12-11-21-6-5-17-35-32(21)33(22)38-31/h1-20H. The number of hydrogen-bond acceptors (Lipinski definition) is 4. The van der Waals surface area contributed by atoms with E-state index in [9.17, 15) is 0 Å². The van der Waals surface area contributed by atoms with Crippen LogP contribution in [-0.2, 0) is 0 Å². The third-order valence-electron chi connectivity index (χ3n) is 7.39. The van der Waals surface area contributed by atoms with E-state index >= 15 is 0 Å². The summed E-state index contributed by atoms with van der Waals surface area (Å²) >= 11 is 0. The lowest BCUT2D eigenvalue weighted by Gasteiger charge is -2.12. The van der Waals surface area contributed by atoms with Crippen molar-refractivity contribution in [3.05, 3.63) is 122 Å². The molecular weight excluding hydrogens is 464 g/mol. The van der Waals surface area contributed by atoms with Gasteiger partial charge in [-0.15, -0.1) is 0 Å². The van der Waals surface area contributed by atoms with E-state index in [1.165, 1.54) is 32.3 Å². The van der Waals surface area contributed by atoms with Gasteiger partial charge in [0.15, 0.2) is 5.82 Å². The van der Waals surface area contributed by atoms with Crippen LogP contribution in [0.2, 0.25) is 0 Å². The molecule has 8 aromatic rings. The molecule has 0 aliphatic heterocycles. The highest BCUT2D eigenvalue weighted by Gasteiger charge is 2.11. The maximum Gasteiger partial charge on any atom is 0.178 e. The maximum atomic E-state index is 4.89. The van der Waals surface area contributed by atoms with Crippen molar-refractivity contribution >= 4 is 54.1 Å². The monoisotopic (exact) mass is 484 g/mol. The first-order valence-corrected chi connectivity index (χ1v) is 12.6. The fourth-order valence-corrected chi connectivity index (χ4v) is 5.54. The van der Waals surface area contributed by atoms with Crippen LogP contribution in [0, 0.1) is 0 Å². The summed E-state index contributed by atoms with van der Waals surface area (Å²) in [7, 11) is 0. The number of hydrogen-bond donors (Lipinski definition) is 0. The molecule has 3 aromatic heterocycles. The Hall–Kier alpha value is -5.22. The highest BCUT2D eigenvalue weighted by molar-refractivity contribution is 6.25. The lowest BCUT2D eigenvalue weighted by Crippen LogP contribution is -1.94. The predicted octanol–water partition coefficient (Wildman–Crippen LogP) is 8.37. The van der Waals surface area contributed by atoms with Gasteiger partial charge in [-0.2, -0.15) is 0 Å². The van der Waals surface area contributed by atoms with E-state index in [0.29, 0.717) is 5.82 Å². The molecule has 0 saturated heterocycles. The number of rotatable bonds is 2. The fourth-order valence-electron chi connectivity index (χ4n) is 5.54. The second-order valence-corrected chi connectivity index (χ2v) is 9.56. The molecule has 0 fully saturated rings. The van der Waals surface area contributed by atoms with Crippen LogP contribution in [0.3, 0.4) is 0 Å². The Kier molecular flexibility index (Phi) is 4.49. The van der Waals surface area contributed by atoms with E-state index in [1.54, 1.807) is 6.20 Å². The van der Waals surface area contributed by atoms with E-state index < -0.39 is 0 Å². The van der Waals surface area contributed by atoms with Crippen molar-refractivity contribution in [3.63, 3.8) is 0 Å². The molecule has 4 heteroatoms. The number of fused-ring (bicyclic) bond motifs is 9. The van der Waals surface area contributed by atoms with Crippen molar-refractivity contribution in [1.29, 1.82) is 0 Å². The van der Waals surface area contributed by atoms with Gasteiger partial charge in [-0.25, -0.2) is 15.0 Å². The van der Waals surface area contributed by atoms with Crippen LogP contribution in [-0.4, -0.2) is 19.9 Å². The van der Waals surface area contributed by atoms with E-state index in [-0.39, 0.29) is 0 Å². The van der Waals surface area contributed by atoms with Crippen molar-refractivity contribution in [3.8, 4) is 22.6 Å². The molecule has 0 unspecified atom stereocenters. The van der Waals surface area contributed by atoms with Gasteiger partial charge in [-0.1, -0.05) is 84.9 Å². The SMILES string of the molecule is c1cnc2c(c1)ccc1ccc(-c3ncc(-c4ccc5c6ccccc6c6ccccc6c5c4)cn3)nc12. The summed E-state index contributed by atoms with van der Waals surface area (Å²) in [5, 5.41) is 9.67. The first kappa shape index (κ1) is 20.9. The summed E-state index contributed by atoms with van der Waals surface area (Å²) in [6, 6.07) is 36.1. The second kappa shape index (κ2) is 8.15. The zero-order chi connectivity index (χ0) is 25.1. The van der Waals surface area contributed by atoms with Gasteiger partial charge in [0, 0.05) is 34.9 Å². The molecule has 3 heterocycles. The van der Waals surface area contributed by atoms with Gasteiger partial charge in [0.2, 0.25) is 0 Å². The van der Waals surface area contributed by atoms with E-state index in [4.69, 9.17) is 15.0 Å². The van der Waals surface area contributed by atoms with E-state index in [1.807, 2.05) is 24.5 Å². The Bertz CT molecular complexity index is 2150. The van der Waals surface area contributed by atoms with Crippen molar-refractivity contribution in [1.82, 2.24) is 19.9 Å². The van der Waals surface area contributed by atoms with Crippen molar-refractivity contribution in [2.45, 2.75) is 0 Å². The van der Waals surface area contributed by atoms with Crippen LogP contribution in [0.15, 0.2) is 122 Å². The lowest BCUT2D eigenvalue weighted by atomic mass is 9.92. The molecule has 8 rings (SSSR count). The Balaban J connectivity index is 1.24. The summed E-state index contributed by atoms with van der Waals surface area (Å²) < 4.78 is 0. The molecule has 38 heavy (non-hydrogen) atoms. The summed E-state index contributed by atoms with van der Waals surface area (Å²) in [4.78, 5) is 18.9. The molecular formula is C34H20N4. The van der Waals surface area contributed by atoms with Crippen molar-refractivity contribution in [2.75, 3.05) is 0 Å². The van der Waals surface area contributed by atoms with Crippen LogP contribution >= 0.6 is 0 Å². The molecule has 0 N–H and O–H groups in total. The van der Waals surface area contributed by atoms with Crippen molar-refractivity contribution < 1.29 is 0 Å². The number of aromatic nitrogens is 4. The molecule has 176 valence electrons. The summed E-state index contributed by atoms with van der Waals surface area (Å²) in [6.07, 6.45) is 5.58. The van der Waals surface area contributed by atoms with Gasteiger partial charge in [-0.05, 0) is 56.1 Å². The van der Waals surface area contributed by atoms with Gasteiger partial charge in [0.25, 0.3) is 0 Å². The van der Waals surface area contributed by atoms with Gasteiger partial charge in [0.05, 0.1) is 11.0 Å². The van der Waals surface area contributed by atoms with Gasteiger partial charge in [0.1, 0.15) is 5.69 Å². The Morgan fingerprint density at radius 1 is 0.421 bits per heavy atom. The van der Waals surface area contributed by atoms with Gasteiger partial charge in [-0.3, -0.25) is 4.98 Å². The summed E-state index contributed by atoms with van der Waals surface area (Å²) in [5.41, 5.74) is 4.55. The second-order valence-electron chi connectivity index (χ2n) is 9.56. The Morgan fingerprint density at radius 2 is 1.03 bits per heavy atom. The molecule has 0 atom stereocenters. The summed E-state index contributed by atoms with van der Waals surface area (Å²) in [6.45, 7) is 0. The molecule has 0 amide bonds. The molecule has 5 aromatic carbocycles. The van der Waals surface area contributed by atoms with Gasteiger partial charge >= 0.3 is 0 Å². The van der Waals surface area contributed by atoms with Crippen LogP contribution in [0.5, 0.6) is 0 Å². The average Bonchev–Trinajstić information content (AvgIpc) is 3.01. The third kappa shape index (κ3) is 3.17. The molecule has 0 aliphatic carbocycles. The minimum absolute atomic E-state index is 0.598. The molecule has 4 nitrogen and oxygen atoms in total. The molecule has 0 saturated carbocycles. The van der Waals surface area contributed by atoms with Crippen LogP contribution in [0.1, 0.15) is 0 Å². The first-order chi connectivity index (χ1) is 18.8. The normalized spacial score (nSPS) is 11.7. The predicted molar refractivity (Wildman–Crippen MR) is 156 cm³/mol.